The molecule has 1 saturated heterocycles. The largest absolute Gasteiger partial charge is 0.356 e. The topological polar surface area (TPSA) is 128 Å². The molecule has 1 aliphatic rings. The van der Waals surface area contributed by atoms with Crippen molar-refractivity contribution in [3.8, 4) is 0 Å². The van der Waals surface area contributed by atoms with Gasteiger partial charge in [0.1, 0.15) is 6.04 Å². The van der Waals surface area contributed by atoms with Crippen molar-refractivity contribution in [1.82, 2.24) is 21.0 Å². The third-order valence-electron chi connectivity index (χ3n) is 5.06. The SMILES string of the molecule is CCCC[C@H](CN(O)C=O)C(=O)N[C@H]1CCCCNC(=O)CCCCCNC1=O. The number of carbonyl (C=O) groups is 4. The highest BCUT2D eigenvalue weighted by molar-refractivity contribution is 5.88. The number of carbonyl (C=O) groups excluding carboxylic acids is 4. The summed E-state index contributed by atoms with van der Waals surface area (Å²) in [6.45, 7) is 2.95. The van der Waals surface area contributed by atoms with Gasteiger partial charge in [-0.3, -0.25) is 24.4 Å². The monoisotopic (exact) mass is 412 g/mol. The fourth-order valence-electron chi connectivity index (χ4n) is 3.29. The molecule has 0 bridgehead atoms. The smallest absolute Gasteiger partial charge is 0.242 e. The molecule has 0 aromatic carbocycles. The molecule has 0 unspecified atom stereocenters. The first-order chi connectivity index (χ1) is 14.0. The van der Waals surface area contributed by atoms with Crippen molar-refractivity contribution >= 4 is 24.1 Å². The van der Waals surface area contributed by atoms with Gasteiger partial charge in [0, 0.05) is 19.5 Å². The molecule has 166 valence electrons. The molecule has 4 N–H and O–H groups in total. The number of nitrogens with zero attached hydrogens (tertiary/aromatic N) is 1. The second-order valence-electron chi connectivity index (χ2n) is 7.58. The zero-order chi connectivity index (χ0) is 21.5. The maximum absolute atomic E-state index is 12.7. The average molecular weight is 413 g/mol. The molecule has 9 nitrogen and oxygen atoms in total. The molecule has 0 aromatic heterocycles. The lowest BCUT2D eigenvalue weighted by Crippen LogP contribution is -2.50. The van der Waals surface area contributed by atoms with Crippen LogP contribution < -0.4 is 16.0 Å². The van der Waals surface area contributed by atoms with E-state index in [1.807, 2.05) is 6.92 Å². The zero-order valence-electron chi connectivity index (χ0n) is 17.5. The van der Waals surface area contributed by atoms with Gasteiger partial charge >= 0.3 is 0 Å². The lowest BCUT2D eigenvalue weighted by Gasteiger charge is -2.24. The Morgan fingerprint density at radius 2 is 1.93 bits per heavy atom. The van der Waals surface area contributed by atoms with E-state index in [1.54, 1.807) is 0 Å². The van der Waals surface area contributed by atoms with Crippen molar-refractivity contribution < 1.29 is 24.4 Å². The van der Waals surface area contributed by atoms with Crippen LogP contribution in [0, 0.1) is 5.92 Å². The molecule has 4 amide bonds. The molecule has 1 heterocycles. The Morgan fingerprint density at radius 3 is 2.66 bits per heavy atom. The van der Waals surface area contributed by atoms with Crippen LogP contribution in [-0.4, -0.2) is 60.1 Å². The van der Waals surface area contributed by atoms with Crippen LogP contribution >= 0.6 is 0 Å². The summed E-state index contributed by atoms with van der Waals surface area (Å²) in [6.07, 6.45) is 7.24. The Morgan fingerprint density at radius 1 is 1.21 bits per heavy atom. The third-order valence-corrected chi connectivity index (χ3v) is 5.06. The van der Waals surface area contributed by atoms with E-state index in [0.717, 1.165) is 38.5 Å². The molecular formula is C20H36N4O5. The van der Waals surface area contributed by atoms with Gasteiger partial charge in [0.2, 0.25) is 24.1 Å². The first-order valence-corrected chi connectivity index (χ1v) is 10.7. The van der Waals surface area contributed by atoms with Gasteiger partial charge in [0.05, 0.1) is 12.5 Å². The standard InChI is InChI=1S/C20H36N4O5/c1-2-3-9-16(14-24(29)15-25)19(27)23-17-10-6-8-12-21-18(26)11-5-4-7-13-22-20(17)28/h15-17,29H,2-14H2,1H3,(H,21,26)(H,22,28)(H,23,27)/t16-,17+/m1/s1. The number of hydrogen-bond acceptors (Lipinski definition) is 5. The van der Waals surface area contributed by atoms with E-state index in [0.29, 0.717) is 43.8 Å². The molecule has 1 fully saturated rings. The van der Waals surface area contributed by atoms with Crippen molar-refractivity contribution in [3.05, 3.63) is 0 Å². The van der Waals surface area contributed by atoms with E-state index in [-0.39, 0.29) is 30.7 Å². The number of amides is 4. The van der Waals surface area contributed by atoms with Crippen molar-refractivity contribution in [1.29, 1.82) is 0 Å². The van der Waals surface area contributed by atoms with E-state index in [4.69, 9.17) is 0 Å². The molecule has 9 heteroatoms. The van der Waals surface area contributed by atoms with Crippen molar-refractivity contribution in [3.63, 3.8) is 0 Å². The predicted octanol–water partition coefficient (Wildman–Crippen LogP) is 1.10. The minimum Gasteiger partial charge on any atom is -0.356 e. The van der Waals surface area contributed by atoms with Crippen LogP contribution in [-0.2, 0) is 19.2 Å². The van der Waals surface area contributed by atoms with Gasteiger partial charge in [-0.15, -0.1) is 0 Å². The lowest BCUT2D eigenvalue weighted by atomic mass is 9.99. The maximum atomic E-state index is 12.7. The Kier molecular flexibility index (Phi) is 12.7. The van der Waals surface area contributed by atoms with Crippen LogP contribution in [0.4, 0.5) is 0 Å². The predicted molar refractivity (Wildman–Crippen MR) is 108 cm³/mol. The second kappa shape index (κ2) is 14.8. The fraction of sp³-hybridized carbons (Fsp3) is 0.800. The van der Waals surface area contributed by atoms with E-state index in [2.05, 4.69) is 16.0 Å². The van der Waals surface area contributed by atoms with Gasteiger partial charge < -0.3 is 16.0 Å². The number of nitrogens with one attached hydrogen (secondary N) is 3. The highest BCUT2D eigenvalue weighted by Crippen LogP contribution is 2.12. The van der Waals surface area contributed by atoms with Gasteiger partial charge in [-0.1, -0.05) is 26.2 Å². The molecule has 0 radical (unpaired) electrons. The van der Waals surface area contributed by atoms with Crippen LogP contribution in [0.2, 0.25) is 0 Å². The van der Waals surface area contributed by atoms with Gasteiger partial charge in [-0.2, -0.15) is 0 Å². The van der Waals surface area contributed by atoms with E-state index in [1.165, 1.54) is 0 Å². The second-order valence-corrected chi connectivity index (χ2v) is 7.58. The molecule has 2 atom stereocenters. The average Bonchev–Trinajstić information content (AvgIpc) is 2.71. The van der Waals surface area contributed by atoms with Crippen LogP contribution in [0.15, 0.2) is 0 Å². The van der Waals surface area contributed by atoms with Crippen LogP contribution in [0.3, 0.4) is 0 Å². The minimum atomic E-state index is -0.673. The summed E-state index contributed by atoms with van der Waals surface area (Å²) in [7, 11) is 0. The van der Waals surface area contributed by atoms with E-state index >= 15 is 0 Å². The number of unbranched alkanes of at least 4 members (excludes halogenated alkanes) is 1. The van der Waals surface area contributed by atoms with Gasteiger partial charge in [0.15, 0.2) is 0 Å². The summed E-state index contributed by atoms with van der Waals surface area (Å²) in [5, 5.41) is 18.5. The summed E-state index contributed by atoms with van der Waals surface area (Å²) < 4.78 is 0. The molecule has 0 saturated carbocycles. The van der Waals surface area contributed by atoms with Crippen LogP contribution in [0.5, 0.6) is 0 Å². The first-order valence-electron chi connectivity index (χ1n) is 10.7. The molecular weight excluding hydrogens is 376 g/mol. The molecule has 1 rings (SSSR count). The quantitative estimate of drug-likeness (QED) is 0.270. The Hall–Kier alpha value is -2.16. The van der Waals surface area contributed by atoms with E-state index in [9.17, 15) is 24.4 Å². The molecule has 1 aliphatic heterocycles. The number of rotatable bonds is 8. The highest BCUT2D eigenvalue weighted by Gasteiger charge is 2.26. The molecule has 0 aliphatic carbocycles. The van der Waals surface area contributed by atoms with Crippen molar-refractivity contribution in [2.75, 3.05) is 19.6 Å². The van der Waals surface area contributed by atoms with Crippen molar-refractivity contribution in [2.24, 2.45) is 5.92 Å². The highest BCUT2D eigenvalue weighted by atomic mass is 16.5. The van der Waals surface area contributed by atoms with Crippen LogP contribution in [0.1, 0.15) is 71.1 Å². The maximum Gasteiger partial charge on any atom is 0.242 e. The summed E-state index contributed by atoms with van der Waals surface area (Å²) in [5.41, 5.74) is 0. The summed E-state index contributed by atoms with van der Waals surface area (Å²) >= 11 is 0. The first kappa shape index (κ1) is 24.9. The van der Waals surface area contributed by atoms with Crippen LogP contribution in [0.25, 0.3) is 0 Å². The third kappa shape index (κ3) is 10.8. The van der Waals surface area contributed by atoms with E-state index < -0.39 is 12.0 Å². The summed E-state index contributed by atoms with van der Waals surface area (Å²) in [5.74, 6) is -1.08. The molecule has 0 aromatic rings. The number of hydrogen-bond donors (Lipinski definition) is 4. The van der Waals surface area contributed by atoms with Gasteiger partial charge in [0.25, 0.3) is 0 Å². The molecule has 29 heavy (non-hydrogen) atoms. The van der Waals surface area contributed by atoms with Gasteiger partial charge in [-0.05, 0) is 38.5 Å². The fourth-order valence-corrected chi connectivity index (χ4v) is 3.29. The molecule has 0 spiro atoms. The normalized spacial score (nSPS) is 20.6. The number of hydroxylamine groups is 2. The van der Waals surface area contributed by atoms with Gasteiger partial charge in [-0.25, -0.2) is 5.06 Å². The Labute approximate surface area is 172 Å². The Balaban J connectivity index is 2.71. The Bertz CT molecular complexity index is 529. The summed E-state index contributed by atoms with van der Waals surface area (Å²) in [4.78, 5) is 47.7. The summed E-state index contributed by atoms with van der Waals surface area (Å²) in [6, 6.07) is -0.673. The lowest BCUT2D eigenvalue weighted by molar-refractivity contribution is -0.155. The minimum absolute atomic E-state index is 0.0541. The zero-order valence-corrected chi connectivity index (χ0v) is 17.5. The van der Waals surface area contributed by atoms with Crippen molar-refractivity contribution in [2.45, 2.75) is 77.2 Å².